The Balaban J connectivity index is 2.22. The van der Waals surface area contributed by atoms with Gasteiger partial charge < -0.3 is 10.2 Å². The molecule has 2 unspecified atom stereocenters. The standard InChI is InChI=1S/C14H28N6/c1-5-7-20-12(10-16-17-20)14(15-6-2)13-11-18(3)8-9-19(13)4/h10,13-15H,5-9,11H2,1-4H3. The highest BCUT2D eigenvalue weighted by Gasteiger charge is 2.32. The van der Waals surface area contributed by atoms with Gasteiger partial charge in [-0.25, -0.2) is 4.68 Å². The summed E-state index contributed by atoms with van der Waals surface area (Å²) in [6.07, 6.45) is 3.00. The van der Waals surface area contributed by atoms with Gasteiger partial charge >= 0.3 is 0 Å². The summed E-state index contributed by atoms with van der Waals surface area (Å²) in [4.78, 5) is 4.86. The molecule has 1 saturated heterocycles. The lowest BCUT2D eigenvalue weighted by Gasteiger charge is -2.42. The summed E-state index contributed by atoms with van der Waals surface area (Å²) in [5, 5.41) is 12.0. The number of piperazine rings is 1. The highest BCUT2D eigenvalue weighted by molar-refractivity contribution is 5.08. The molecule has 20 heavy (non-hydrogen) atoms. The summed E-state index contributed by atoms with van der Waals surface area (Å²) in [5.74, 6) is 0. The molecule has 1 aromatic rings. The first kappa shape index (κ1) is 15.4. The van der Waals surface area contributed by atoms with E-state index >= 15 is 0 Å². The van der Waals surface area contributed by atoms with Crippen LogP contribution in [0.5, 0.6) is 0 Å². The maximum atomic E-state index is 4.24. The minimum Gasteiger partial charge on any atom is -0.308 e. The van der Waals surface area contributed by atoms with Crippen molar-refractivity contribution < 1.29 is 0 Å². The van der Waals surface area contributed by atoms with E-state index in [1.165, 1.54) is 5.69 Å². The maximum Gasteiger partial charge on any atom is 0.0773 e. The Morgan fingerprint density at radius 3 is 2.85 bits per heavy atom. The van der Waals surface area contributed by atoms with E-state index in [-0.39, 0.29) is 6.04 Å². The molecular weight excluding hydrogens is 252 g/mol. The molecule has 2 rings (SSSR count). The third-order valence-electron chi connectivity index (χ3n) is 4.11. The molecule has 0 aromatic carbocycles. The largest absolute Gasteiger partial charge is 0.308 e. The number of hydrogen-bond acceptors (Lipinski definition) is 5. The average Bonchev–Trinajstić information content (AvgIpc) is 2.88. The molecule has 1 N–H and O–H groups in total. The molecule has 2 heterocycles. The first-order valence-electron chi connectivity index (χ1n) is 7.67. The molecule has 1 aromatic heterocycles. The van der Waals surface area contributed by atoms with E-state index in [9.17, 15) is 0 Å². The highest BCUT2D eigenvalue weighted by atomic mass is 15.4. The van der Waals surface area contributed by atoms with Crippen molar-refractivity contribution in [2.45, 2.75) is 38.9 Å². The first-order chi connectivity index (χ1) is 9.67. The fourth-order valence-corrected chi connectivity index (χ4v) is 2.95. The van der Waals surface area contributed by atoms with E-state index < -0.39 is 0 Å². The molecule has 1 aliphatic rings. The first-order valence-corrected chi connectivity index (χ1v) is 7.67. The Labute approximate surface area is 122 Å². The zero-order chi connectivity index (χ0) is 14.5. The average molecular weight is 280 g/mol. The van der Waals surface area contributed by atoms with Crippen molar-refractivity contribution >= 4 is 0 Å². The van der Waals surface area contributed by atoms with Gasteiger partial charge in [-0.15, -0.1) is 5.10 Å². The van der Waals surface area contributed by atoms with Crippen molar-refractivity contribution in [3.05, 3.63) is 11.9 Å². The number of rotatable bonds is 6. The molecule has 0 aliphatic carbocycles. The molecule has 2 atom stereocenters. The van der Waals surface area contributed by atoms with Crippen LogP contribution in [0.3, 0.4) is 0 Å². The van der Waals surface area contributed by atoms with Crippen LogP contribution in [-0.2, 0) is 6.54 Å². The Morgan fingerprint density at radius 2 is 2.15 bits per heavy atom. The topological polar surface area (TPSA) is 49.2 Å². The van der Waals surface area contributed by atoms with E-state index in [1.54, 1.807) is 0 Å². The van der Waals surface area contributed by atoms with Gasteiger partial charge in [0.1, 0.15) is 0 Å². The highest BCUT2D eigenvalue weighted by Crippen LogP contribution is 2.22. The molecule has 114 valence electrons. The molecule has 0 radical (unpaired) electrons. The fraction of sp³-hybridized carbons (Fsp3) is 0.857. The summed E-state index contributed by atoms with van der Waals surface area (Å²) in [6, 6.07) is 0.747. The lowest BCUT2D eigenvalue weighted by atomic mass is 10.0. The van der Waals surface area contributed by atoms with Gasteiger partial charge in [-0.3, -0.25) is 4.90 Å². The zero-order valence-corrected chi connectivity index (χ0v) is 13.2. The van der Waals surface area contributed by atoms with E-state index in [4.69, 9.17) is 0 Å². The van der Waals surface area contributed by atoms with Gasteiger partial charge in [-0.1, -0.05) is 19.1 Å². The SMILES string of the molecule is CCCn1nncc1C(NCC)C1CN(C)CCN1C. The van der Waals surface area contributed by atoms with Crippen LogP contribution in [0.2, 0.25) is 0 Å². The summed E-state index contributed by atoms with van der Waals surface area (Å²) in [7, 11) is 4.42. The van der Waals surface area contributed by atoms with Crippen molar-refractivity contribution in [3.63, 3.8) is 0 Å². The molecule has 0 saturated carbocycles. The monoisotopic (exact) mass is 280 g/mol. The minimum absolute atomic E-state index is 0.286. The number of nitrogens with zero attached hydrogens (tertiary/aromatic N) is 5. The third kappa shape index (κ3) is 3.37. The van der Waals surface area contributed by atoms with E-state index in [2.05, 4.69) is 58.1 Å². The Hall–Kier alpha value is -0.980. The molecule has 0 amide bonds. The van der Waals surface area contributed by atoms with Crippen LogP contribution in [0.1, 0.15) is 32.0 Å². The summed E-state index contributed by atoms with van der Waals surface area (Å²) in [6.45, 7) is 9.55. The maximum absolute atomic E-state index is 4.24. The van der Waals surface area contributed by atoms with Crippen molar-refractivity contribution in [3.8, 4) is 0 Å². The Kier molecular flexibility index (Phi) is 5.51. The Bertz CT molecular complexity index is 404. The van der Waals surface area contributed by atoms with Gasteiger partial charge in [0.2, 0.25) is 0 Å². The van der Waals surface area contributed by atoms with Crippen LogP contribution in [0.15, 0.2) is 6.20 Å². The quantitative estimate of drug-likeness (QED) is 0.826. The van der Waals surface area contributed by atoms with Crippen molar-refractivity contribution in [2.75, 3.05) is 40.3 Å². The van der Waals surface area contributed by atoms with Gasteiger partial charge in [-0.05, 0) is 27.1 Å². The van der Waals surface area contributed by atoms with Crippen molar-refractivity contribution in [1.29, 1.82) is 0 Å². The molecule has 6 nitrogen and oxygen atoms in total. The fourth-order valence-electron chi connectivity index (χ4n) is 2.95. The molecule has 0 spiro atoms. The van der Waals surface area contributed by atoms with Crippen LogP contribution >= 0.6 is 0 Å². The molecule has 6 heteroatoms. The second-order valence-electron chi connectivity index (χ2n) is 5.73. The van der Waals surface area contributed by atoms with Crippen LogP contribution in [0, 0.1) is 0 Å². The van der Waals surface area contributed by atoms with Gasteiger partial charge in [0.15, 0.2) is 0 Å². The normalized spacial score (nSPS) is 23.1. The molecular formula is C14H28N6. The van der Waals surface area contributed by atoms with Crippen molar-refractivity contribution in [1.82, 2.24) is 30.1 Å². The lowest BCUT2D eigenvalue weighted by molar-refractivity contribution is 0.0856. The Morgan fingerprint density at radius 1 is 1.35 bits per heavy atom. The number of hydrogen-bond donors (Lipinski definition) is 1. The van der Waals surface area contributed by atoms with E-state index in [0.29, 0.717) is 6.04 Å². The second-order valence-corrected chi connectivity index (χ2v) is 5.73. The van der Waals surface area contributed by atoms with Crippen LogP contribution < -0.4 is 5.32 Å². The number of aryl methyl sites for hydroxylation is 1. The molecule has 1 aliphatic heterocycles. The van der Waals surface area contributed by atoms with Gasteiger partial charge in [-0.2, -0.15) is 0 Å². The number of likely N-dealkylation sites (N-methyl/N-ethyl adjacent to an activating group) is 3. The van der Waals surface area contributed by atoms with Gasteiger partial charge in [0.25, 0.3) is 0 Å². The van der Waals surface area contributed by atoms with Crippen molar-refractivity contribution in [2.24, 2.45) is 0 Å². The van der Waals surface area contributed by atoms with E-state index in [0.717, 1.165) is 39.1 Å². The summed E-state index contributed by atoms with van der Waals surface area (Å²) >= 11 is 0. The second kappa shape index (κ2) is 7.15. The van der Waals surface area contributed by atoms with Gasteiger partial charge in [0, 0.05) is 32.2 Å². The smallest absolute Gasteiger partial charge is 0.0773 e. The predicted octanol–water partition coefficient (Wildman–Crippen LogP) is 0.585. The minimum atomic E-state index is 0.286. The number of aromatic nitrogens is 3. The van der Waals surface area contributed by atoms with Crippen LogP contribution in [0.25, 0.3) is 0 Å². The van der Waals surface area contributed by atoms with E-state index in [1.807, 2.05) is 6.20 Å². The third-order valence-corrected chi connectivity index (χ3v) is 4.11. The molecule has 1 fully saturated rings. The summed E-state index contributed by atoms with van der Waals surface area (Å²) in [5.41, 5.74) is 1.21. The van der Waals surface area contributed by atoms with Crippen LogP contribution in [0.4, 0.5) is 0 Å². The lowest BCUT2D eigenvalue weighted by Crippen LogP contribution is -2.55. The summed E-state index contributed by atoms with van der Waals surface area (Å²) < 4.78 is 2.05. The van der Waals surface area contributed by atoms with Gasteiger partial charge in [0.05, 0.1) is 17.9 Å². The predicted molar refractivity (Wildman–Crippen MR) is 80.6 cm³/mol. The zero-order valence-electron chi connectivity index (χ0n) is 13.2. The van der Waals surface area contributed by atoms with Crippen LogP contribution in [-0.4, -0.2) is 71.1 Å². The number of nitrogens with one attached hydrogen (secondary N) is 1. The molecule has 0 bridgehead atoms.